The molecule has 0 saturated heterocycles. The number of rotatable bonds is 3. The van der Waals surface area contributed by atoms with Gasteiger partial charge in [-0.1, -0.05) is 0 Å². The van der Waals surface area contributed by atoms with E-state index in [-0.39, 0.29) is 0 Å². The molecule has 3 aromatic heterocycles. The summed E-state index contributed by atoms with van der Waals surface area (Å²) in [6.07, 6.45) is 8.07. The summed E-state index contributed by atoms with van der Waals surface area (Å²) in [5, 5.41) is 0. The summed E-state index contributed by atoms with van der Waals surface area (Å²) < 4.78 is 11.0. The van der Waals surface area contributed by atoms with Crippen LogP contribution in [0.1, 0.15) is 22.8 Å². The predicted molar refractivity (Wildman–Crippen MR) is 137 cm³/mol. The molecule has 0 saturated carbocycles. The number of nitrogens with zero attached hydrogens (tertiary/aromatic N) is 2. The number of aromatic nitrogens is 4. The van der Waals surface area contributed by atoms with E-state index in [0.29, 0.717) is 0 Å². The van der Waals surface area contributed by atoms with Crippen LogP contribution in [0.15, 0.2) is 60.7 Å². The fraction of sp³-hybridized carbons (Fsp3) is 0.0714. The van der Waals surface area contributed by atoms with E-state index in [9.17, 15) is 0 Å². The lowest BCUT2D eigenvalue weighted by Gasteiger charge is -2.07. The van der Waals surface area contributed by atoms with Gasteiger partial charge in [-0.3, -0.25) is 0 Å². The van der Waals surface area contributed by atoms with Gasteiger partial charge in [0.1, 0.15) is 11.5 Å². The number of ether oxygens (including phenoxy) is 2. The van der Waals surface area contributed by atoms with Gasteiger partial charge in [-0.05, 0) is 84.5 Å². The molecule has 5 heterocycles. The molecule has 2 aliphatic rings. The molecule has 2 aliphatic heterocycles. The van der Waals surface area contributed by atoms with Crippen molar-refractivity contribution in [3.63, 3.8) is 0 Å². The van der Waals surface area contributed by atoms with Crippen LogP contribution in [0.2, 0.25) is 0 Å². The second kappa shape index (κ2) is 8.08. The second-order valence-corrected chi connectivity index (χ2v) is 8.19. The van der Waals surface area contributed by atoms with Crippen LogP contribution in [0.5, 0.6) is 11.5 Å². The predicted octanol–water partition coefficient (Wildman–Crippen LogP) is 6.34. The summed E-state index contributed by atoms with van der Waals surface area (Å²) in [4.78, 5) is 16.5. The molecule has 0 unspecified atom stereocenters. The van der Waals surface area contributed by atoms with Gasteiger partial charge in [-0.15, -0.1) is 0 Å². The number of methoxy groups -OCH3 is 2. The van der Waals surface area contributed by atoms with Crippen LogP contribution >= 0.6 is 0 Å². The van der Waals surface area contributed by atoms with E-state index in [1.54, 1.807) is 14.2 Å². The maximum absolute atomic E-state index is 5.50. The molecule has 0 amide bonds. The molecule has 0 spiro atoms. The molecule has 0 radical (unpaired) electrons. The van der Waals surface area contributed by atoms with Gasteiger partial charge in [-0.25, -0.2) is 9.97 Å². The second-order valence-electron chi connectivity index (χ2n) is 8.19. The first-order chi connectivity index (χ1) is 16.6. The highest BCUT2D eigenvalue weighted by atomic mass is 16.5. The minimum Gasteiger partial charge on any atom is -0.497 e. The third-order valence-electron chi connectivity index (χ3n) is 5.83. The Hall–Kier alpha value is -4.58. The summed E-state index contributed by atoms with van der Waals surface area (Å²) in [6.45, 7) is 0. The molecule has 6 nitrogen and oxygen atoms in total. The van der Waals surface area contributed by atoms with Crippen LogP contribution < -0.4 is 9.47 Å². The van der Waals surface area contributed by atoms with E-state index >= 15 is 0 Å². The van der Waals surface area contributed by atoms with E-state index in [0.717, 1.165) is 67.5 Å². The molecule has 6 heteroatoms. The van der Waals surface area contributed by atoms with Crippen molar-refractivity contribution in [3.8, 4) is 22.6 Å². The summed E-state index contributed by atoms with van der Waals surface area (Å²) >= 11 is 0. The van der Waals surface area contributed by atoms with Crippen molar-refractivity contribution in [2.45, 2.75) is 0 Å². The lowest BCUT2D eigenvalue weighted by Crippen LogP contribution is -1.88. The smallest absolute Gasteiger partial charge is 0.123 e. The number of fused-ring (bicyclic) bond motifs is 8. The van der Waals surface area contributed by atoms with Crippen LogP contribution in [0.25, 0.3) is 57.5 Å². The maximum atomic E-state index is 5.50. The van der Waals surface area contributed by atoms with Crippen molar-refractivity contribution in [3.05, 3.63) is 83.4 Å². The molecular weight excluding hydrogens is 424 g/mol. The van der Waals surface area contributed by atoms with Crippen molar-refractivity contribution in [1.82, 2.24) is 19.9 Å². The third kappa shape index (κ3) is 3.86. The Labute approximate surface area is 196 Å². The highest BCUT2D eigenvalue weighted by Crippen LogP contribution is 2.33. The zero-order chi connectivity index (χ0) is 23.1. The fourth-order valence-corrected chi connectivity index (χ4v) is 4.22. The number of H-pyrrole nitrogens is 2. The molecule has 166 valence electrons. The molecule has 0 atom stereocenters. The minimum absolute atomic E-state index is 0.733. The van der Waals surface area contributed by atoms with Crippen LogP contribution in [-0.4, -0.2) is 34.2 Å². The van der Waals surface area contributed by atoms with E-state index in [1.807, 2.05) is 72.8 Å². The average Bonchev–Trinajstić information content (AvgIpc) is 3.64. The number of aromatic amines is 2. The Morgan fingerprint density at radius 2 is 1.09 bits per heavy atom. The Kier molecular flexibility index (Phi) is 4.77. The standard InChI is InChI=1S/C28H22N4O2/c1-33-25-9-17(10-26(16-25)34-2)27-14-24-13-22-6-5-20(30-22)11-18-3-4-19(29-18)12-21-7-8-23(31-21)15-28(27)32-24/h3-16,29,32H,1-2H3. The molecular formula is C28H22N4O2. The van der Waals surface area contributed by atoms with Gasteiger partial charge in [0.2, 0.25) is 0 Å². The number of benzene rings is 1. The van der Waals surface area contributed by atoms with Crippen LogP contribution in [0.3, 0.4) is 0 Å². The van der Waals surface area contributed by atoms with Crippen molar-refractivity contribution in [1.29, 1.82) is 0 Å². The van der Waals surface area contributed by atoms with Gasteiger partial charge in [0, 0.05) is 33.7 Å². The summed E-state index contributed by atoms with van der Waals surface area (Å²) in [7, 11) is 3.31. The van der Waals surface area contributed by atoms with Crippen LogP contribution in [-0.2, 0) is 0 Å². The van der Waals surface area contributed by atoms with Crippen LogP contribution in [0.4, 0.5) is 0 Å². The first-order valence-corrected chi connectivity index (χ1v) is 11.0. The van der Waals surface area contributed by atoms with E-state index < -0.39 is 0 Å². The quantitative estimate of drug-likeness (QED) is 0.333. The molecule has 0 aliphatic carbocycles. The normalized spacial score (nSPS) is 12.2. The van der Waals surface area contributed by atoms with Gasteiger partial charge in [-0.2, -0.15) is 0 Å². The summed E-state index contributed by atoms with van der Waals surface area (Å²) in [6, 6.07) is 20.2. The van der Waals surface area contributed by atoms with Crippen molar-refractivity contribution >= 4 is 46.4 Å². The van der Waals surface area contributed by atoms with Gasteiger partial charge in [0.05, 0.1) is 37.0 Å². The Morgan fingerprint density at radius 1 is 0.559 bits per heavy atom. The zero-order valence-electron chi connectivity index (χ0n) is 18.8. The van der Waals surface area contributed by atoms with Gasteiger partial charge in [0.15, 0.2) is 0 Å². The van der Waals surface area contributed by atoms with Crippen LogP contribution in [0, 0.1) is 0 Å². The first kappa shape index (κ1) is 20.1. The van der Waals surface area contributed by atoms with Gasteiger partial charge >= 0.3 is 0 Å². The fourth-order valence-electron chi connectivity index (χ4n) is 4.22. The Bertz CT molecular complexity index is 1620. The van der Waals surface area contributed by atoms with Gasteiger partial charge < -0.3 is 19.4 Å². The SMILES string of the molecule is COc1cc(OC)cc(-c2cc3cc4nc(cc5ccc(cc6nc(cc2[nH]3)C=C6)[nH]5)C=C4)c1. The van der Waals surface area contributed by atoms with E-state index in [4.69, 9.17) is 19.4 Å². The number of hydrogen-bond donors (Lipinski definition) is 2. The number of nitrogens with one attached hydrogen (secondary N) is 2. The topological polar surface area (TPSA) is 75.8 Å². The first-order valence-electron chi connectivity index (χ1n) is 11.0. The molecule has 1 aromatic carbocycles. The van der Waals surface area contributed by atoms with E-state index in [1.165, 1.54) is 0 Å². The molecule has 34 heavy (non-hydrogen) atoms. The largest absolute Gasteiger partial charge is 0.497 e. The zero-order valence-corrected chi connectivity index (χ0v) is 18.8. The third-order valence-corrected chi connectivity index (χ3v) is 5.83. The lowest BCUT2D eigenvalue weighted by atomic mass is 10.1. The summed E-state index contributed by atoms with van der Waals surface area (Å²) in [5.74, 6) is 1.47. The van der Waals surface area contributed by atoms with Gasteiger partial charge in [0.25, 0.3) is 0 Å². The molecule has 6 rings (SSSR count). The monoisotopic (exact) mass is 446 g/mol. The van der Waals surface area contributed by atoms with Crippen molar-refractivity contribution in [2.24, 2.45) is 0 Å². The lowest BCUT2D eigenvalue weighted by molar-refractivity contribution is 0.394. The van der Waals surface area contributed by atoms with Crippen molar-refractivity contribution in [2.75, 3.05) is 14.2 Å². The molecule has 2 N–H and O–H groups in total. The van der Waals surface area contributed by atoms with Crippen molar-refractivity contribution < 1.29 is 9.47 Å². The van der Waals surface area contributed by atoms with E-state index in [2.05, 4.69) is 22.1 Å². The molecule has 0 fully saturated rings. The highest BCUT2D eigenvalue weighted by molar-refractivity contribution is 5.88. The highest BCUT2D eigenvalue weighted by Gasteiger charge is 2.10. The molecule has 8 bridgehead atoms. The minimum atomic E-state index is 0.733. The Balaban J connectivity index is 1.65. The molecule has 4 aromatic rings. The maximum Gasteiger partial charge on any atom is 0.123 e. The Morgan fingerprint density at radius 3 is 1.65 bits per heavy atom. The number of hydrogen-bond acceptors (Lipinski definition) is 4. The summed E-state index contributed by atoms with van der Waals surface area (Å²) in [5.41, 5.74) is 9.43. The average molecular weight is 447 g/mol.